The highest BCUT2D eigenvalue weighted by atomic mass is 32.2. The number of aromatic nitrogens is 1. The van der Waals surface area contributed by atoms with Crippen molar-refractivity contribution in [1.29, 1.82) is 0 Å². The topological polar surface area (TPSA) is 90.2 Å². The van der Waals surface area contributed by atoms with Gasteiger partial charge < -0.3 is 0 Å². The average Bonchev–Trinajstić information content (AvgIpc) is 2.80. The van der Waals surface area contributed by atoms with Gasteiger partial charge in [-0.3, -0.25) is 10.1 Å². The molecule has 0 atom stereocenters. The first-order valence-electron chi connectivity index (χ1n) is 4.94. The van der Waals surface area contributed by atoms with Crippen molar-refractivity contribution in [1.82, 2.24) is 4.98 Å². The third kappa shape index (κ3) is 3.31. The van der Waals surface area contributed by atoms with Crippen molar-refractivity contribution in [2.24, 2.45) is 0 Å². The Labute approximate surface area is 117 Å². The molecule has 2 rings (SSSR count). The highest BCUT2D eigenvalue weighted by Crippen LogP contribution is 2.35. The molecule has 0 saturated carbocycles. The highest BCUT2D eigenvalue weighted by Gasteiger charge is 2.19. The van der Waals surface area contributed by atoms with Gasteiger partial charge in [0.1, 0.15) is 0 Å². The van der Waals surface area contributed by atoms with Crippen LogP contribution in [0.5, 0.6) is 0 Å². The summed E-state index contributed by atoms with van der Waals surface area (Å²) in [5.74, 6) is 0. The Bertz CT molecular complexity index is 710. The normalized spacial score (nSPS) is 11.4. The molecule has 0 radical (unpaired) electrons. The summed E-state index contributed by atoms with van der Waals surface area (Å²) in [4.78, 5) is 14.5. The van der Waals surface area contributed by atoms with E-state index in [4.69, 9.17) is 0 Å². The van der Waals surface area contributed by atoms with Gasteiger partial charge >= 0.3 is 0 Å². The predicted molar refractivity (Wildman–Crippen MR) is 72.4 cm³/mol. The van der Waals surface area contributed by atoms with Crippen molar-refractivity contribution < 1.29 is 13.3 Å². The lowest BCUT2D eigenvalue weighted by molar-refractivity contribution is -0.385. The molecule has 0 aliphatic heterocycles. The Kier molecular flexibility index (Phi) is 3.88. The smallest absolute Gasteiger partial charge is 0.258 e. The van der Waals surface area contributed by atoms with Crippen LogP contribution in [0.3, 0.4) is 0 Å². The molecule has 9 heteroatoms. The third-order valence-electron chi connectivity index (χ3n) is 2.14. The van der Waals surface area contributed by atoms with Crippen LogP contribution in [-0.4, -0.2) is 24.6 Å². The van der Waals surface area contributed by atoms with Gasteiger partial charge in [0.05, 0.1) is 9.82 Å². The van der Waals surface area contributed by atoms with E-state index in [9.17, 15) is 18.5 Å². The third-order valence-corrected chi connectivity index (χ3v) is 5.37. The van der Waals surface area contributed by atoms with E-state index in [-0.39, 0.29) is 10.6 Å². The molecule has 1 heterocycles. The summed E-state index contributed by atoms with van der Waals surface area (Å²) in [6.45, 7) is 0. The molecule has 1 aromatic heterocycles. The molecule has 0 bridgehead atoms. The molecular weight excluding hydrogens is 308 g/mol. The van der Waals surface area contributed by atoms with Crippen LogP contribution in [0.4, 0.5) is 5.69 Å². The minimum Gasteiger partial charge on any atom is -0.258 e. The maximum Gasteiger partial charge on any atom is 0.270 e. The number of nitro benzene ring substituents is 1. The Morgan fingerprint density at radius 1 is 1.42 bits per heavy atom. The van der Waals surface area contributed by atoms with Gasteiger partial charge in [-0.05, 0) is 6.07 Å². The van der Waals surface area contributed by atoms with Crippen molar-refractivity contribution in [2.75, 3.05) is 6.26 Å². The summed E-state index contributed by atoms with van der Waals surface area (Å²) in [6.07, 6.45) is 2.64. The molecule has 6 nitrogen and oxygen atoms in total. The van der Waals surface area contributed by atoms with E-state index in [0.29, 0.717) is 9.24 Å². The second kappa shape index (κ2) is 5.27. The van der Waals surface area contributed by atoms with E-state index in [1.807, 2.05) is 0 Å². The number of thiazole rings is 1. The van der Waals surface area contributed by atoms with Gasteiger partial charge in [0, 0.05) is 34.9 Å². The Hall–Kier alpha value is -1.45. The van der Waals surface area contributed by atoms with Gasteiger partial charge in [0.2, 0.25) is 0 Å². The van der Waals surface area contributed by atoms with Crippen LogP contribution in [-0.2, 0) is 9.84 Å². The van der Waals surface area contributed by atoms with Gasteiger partial charge in [0.15, 0.2) is 14.2 Å². The average molecular weight is 316 g/mol. The lowest BCUT2D eigenvalue weighted by Crippen LogP contribution is -2.01. The van der Waals surface area contributed by atoms with Crippen molar-refractivity contribution in [3.63, 3.8) is 0 Å². The number of nitrogens with zero attached hydrogens (tertiary/aromatic N) is 2. The zero-order valence-corrected chi connectivity index (χ0v) is 12.1. The number of hydrogen-bond acceptors (Lipinski definition) is 7. The second-order valence-electron chi connectivity index (χ2n) is 3.56. The van der Waals surface area contributed by atoms with Gasteiger partial charge in [-0.25, -0.2) is 13.4 Å². The van der Waals surface area contributed by atoms with Crippen LogP contribution in [0.1, 0.15) is 0 Å². The molecule has 0 N–H and O–H groups in total. The van der Waals surface area contributed by atoms with E-state index in [1.165, 1.54) is 35.2 Å². The maximum atomic E-state index is 11.7. The van der Waals surface area contributed by atoms with Crippen LogP contribution in [0.15, 0.2) is 43.9 Å². The Morgan fingerprint density at radius 3 is 2.68 bits per heavy atom. The summed E-state index contributed by atoms with van der Waals surface area (Å²) >= 11 is 2.54. The first-order chi connectivity index (χ1) is 8.88. The zero-order chi connectivity index (χ0) is 14.0. The number of benzene rings is 1. The molecular formula is C10H8N2O4S3. The molecule has 0 fully saturated rings. The van der Waals surface area contributed by atoms with Crippen molar-refractivity contribution in [2.45, 2.75) is 14.1 Å². The van der Waals surface area contributed by atoms with Crippen LogP contribution in [0.2, 0.25) is 0 Å². The summed E-state index contributed by atoms with van der Waals surface area (Å²) < 4.78 is 24.1. The summed E-state index contributed by atoms with van der Waals surface area (Å²) in [5, 5.41) is 12.5. The molecule has 0 unspecified atom stereocenters. The molecule has 1 aromatic carbocycles. The fourth-order valence-corrected chi connectivity index (χ4v) is 4.27. The SMILES string of the molecule is CS(=O)(=O)c1cc([N+](=O)[O-])ccc1Sc1nccs1. The predicted octanol–water partition coefficient (Wildman–Crippen LogP) is 2.61. The van der Waals surface area contributed by atoms with Crippen LogP contribution < -0.4 is 0 Å². The van der Waals surface area contributed by atoms with Crippen LogP contribution in [0, 0.1) is 10.1 Å². The molecule has 0 saturated heterocycles. The number of rotatable bonds is 4. The summed E-state index contributed by atoms with van der Waals surface area (Å²) in [5.41, 5.74) is -0.246. The Morgan fingerprint density at radius 2 is 2.16 bits per heavy atom. The first kappa shape index (κ1) is 14.0. The molecule has 0 aliphatic rings. The summed E-state index contributed by atoms with van der Waals surface area (Å²) in [7, 11) is -3.54. The number of non-ortho nitro benzene ring substituents is 1. The minimum atomic E-state index is -3.54. The fourth-order valence-electron chi connectivity index (χ4n) is 1.34. The van der Waals surface area contributed by atoms with Gasteiger partial charge in [0.25, 0.3) is 5.69 Å². The highest BCUT2D eigenvalue weighted by molar-refractivity contribution is 8.01. The van der Waals surface area contributed by atoms with E-state index in [1.54, 1.807) is 11.6 Å². The van der Waals surface area contributed by atoms with Gasteiger partial charge in [-0.1, -0.05) is 11.8 Å². The number of nitro groups is 1. The second-order valence-corrected chi connectivity index (χ2v) is 7.73. The van der Waals surface area contributed by atoms with Crippen LogP contribution in [0.25, 0.3) is 0 Å². The monoisotopic (exact) mass is 316 g/mol. The lowest BCUT2D eigenvalue weighted by atomic mass is 10.3. The van der Waals surface area contributed by atoms with E-state index in [2.05, 4.69) is 4.98 Å². The largest absolute Gasteiger partial charge is 0.270 e. The van der Waals surface area contributed by atoms with E-state index >= 15 is 0 Å². The molecule has 100 valence electrons. The molecule has 0 amide bonds. The Balaban J connectivity index is 2.51. The van der Waals surface area contributed by atoms with Crippen molar-refractivity contribution >= 4 is 38.6 Å². The molecule has 0 spiro atoms. The first-order valence-corrected chi connectivity index (χ1v) is 8.52. The summed E-state index contributed by atoms with van der Waals surface area (Å²) in [6, 6.07) is 3.79. The molecule has 19 heavy (non-hydrogen) atoms. The van der Waals surface area contributed by atoms with Crippen molar-refractivity contribution in [3.8, 4) is 0 Å². The standard InChI is InChI=1S/C10H8N2O4S3/c1-19(15,16)9-6-7(12(13)14)2-3-8(9)18-10-11-4-5-17-10/h2-6H,1H3. The van der Waals surface area contributed by atoms with E-state index in [0.717, 1.165) is 12.3 Å². The molecule has 2 aromatic rings. The quantitative estimate of drug-likeness (QED) is 0.636. The molecule has 0 aliphatic carbocycles. The minimum absolute atomic E-state index is 0.0538. The van der Waals surface area contributed by atoms with E-state index < -0.39 is 14.8 Å². The number of sulfone groups is 1. The lowest BCUT2D eigenvalue weighted by Gasteiger charge is -2.05. The maximum absolute atomic E-state index is 11.7. The fraction of sp³-hybridized carbons (Fsp3) is 0.100. The van der Waals surface area contributed by atoms with Gasteiger partial charge in [-0.2, -0.15) is 0 Å². The van der Waals surface area contributed by atoms with Crippen LogP contribution >= 0.6 is 23.1 Å². The zero-order valence-electron chi connectivity index (χ0n) is 9.64. The van der Waals surface area contributed by atoms with Crippen molar-refractivity contribution in [3.05, 3.63) is 39.9 Å². The number of hydrogen-bond donors (Lipinski definition) is 0. The van der Waals surface area contributed by atoms with Gasteiger partial charge in [-0.15, -0.1) is 11.3 Å².